The van der Waals surface area contributed by atoms with E-state index in [0.717, 1.165) is 11.3 Å². The van der Waals surface area contributed by atoms with E-state index in [0.29, 0.717) is 39.3 Å². The Labute approximate surface area is 149 Å². The molecule has 1 aliphatic rings. The zero-order valence-corrected chi connectivity index (χ0v) is 15.6. The van der Waals surface area contributed by atoms with Gasteiger partial charge in [-0.1, -0.05) is 18.2 Å². The van der Waals surface area contributed by atoms with Gasteiger partial charge < -0.3 is 14.4 Å². The summed E-state index contributed by atoms with van der Waals surface area (Å²) in [5.41, 5.74) is 1.02. The summed E-state index contributed by atoms with van der Waals surface area (Å²) < 4.78 is 36.4. The fourth-order valence-corrected chi connectivity index (χ4v) is 4.08. The summed E-state index contributed by atoms with van der Waals surface area (Å²) in [4.78, 5) is 13.8. The van der Waals surface area contributed by atoms with Gasteiger partial charge in [0.05, 0.1) is 26.1 Å². The van der Waals surface area contributed by atoms with E-state index in [2.05, 4.69) is 0 Å². The molecule has 7 nitrogen and oxygen atoms in total. The number of carbonyl (C=O) groups is 1. The average molecular weight is 370 g/mol. The van der Waals surface area contributed by atoms with E-state index < -0.39 is 10.0 Å². The first-order valence-electron chi connectivity index (χ1n) is 8.35. The van der Waals surface area contributed by atoms with Gasteiger partial charge in [0, 0.05) is 33.1 Å². The van der Waals surface area contributed by atoms with Crippen LogP contribution in [-0.2, 0) is 26.0 Å². The van der Waals surface area contributed by atoms with E-state index in [-0.39, 0.29) is 18.1 Å². The molecule has 25 heavy (non-hydrogen) atoms. The highest BCUT2D eigenvalue weighted by Crippen LogP contribution is 2.18. The number of methoxy groups -OCH3 is 1. The van der Waals surface area contributed by atoms with Crippen LogP contribution in [0.25, 0.3) is 0 Å². The lowest BCUT2D eigenvalue weighted by Crippen LogP contribution is -2.42. The molecule has 0 unspecified atom stereocenters. The molecular weight excluding hydrogens is 344 g/mol. The van der Waals surface area contributed by atoms with Crippen molar-refractivity contribution < 1.29 is 22.7 Å². The molecule has 0 aromatic heterocycles. The molecule has 0 aliphatic carbocycles. The monoisotopic (exact) mass is 370 g/mol. The quantitative estimate of drug-likeness (QED) is 0.675. The number of amides is 1. The van der Waals surface area contributed by atoms with E-state index in [1.807, 2.05) is 24.3 Å². The minimum absolute atomic E-state index is 0.0118. The predicted molar refractivity (Wildman–Crippen MR) is 95.1 cm³/mol. The van der Waals surface area contributed by atoms with Crippen LogP contribution in [0, 0.1) is 0 Å². The maximum absolute atomic E-state index is 12.3. The van der Waals surface area contributed by atoms with Crippen LogP contribution in [0.1, 0.15) is 12.0 Å². The number of rotatable bonds is 8. The van der Waals surface area contributed by atoms with Gasteiger partial charge in [0.2, 0.25) is 15.9 Å². The first kappa shape index (κ1) is 19.7. The fourth-order valence-electron chi connectivity index (χ4n) is 2.68. The number of likely N-dealkylation sites (N-methyl/N-ethyl adjacent to an activating group) is 1. The highest BCUT2D eigenvalue weighted by atomic mass is 32.2. The number of ether oxygens (including phenoxy) is 2. The SMILES string of the molecule is COc1ccccc1CCN(C)C(=O)CCS(=O)(=O)N1CCOCC1. The van der Waals surface area contributed by atoms with Crippen molar-refractivity contribution in [2.24, 2.45) is 0 Å². The summed E-state index contributed by atoms with van der Waals surface area (Å²) in [5, 5.41) is 0. The Hall–Kier alpha value is -1.64. The molecule has 8 heteroatoms. The minimum atomic E-state index is -3.40. The van der Waals surface area contributed by atoms with Gasteiger partial charge in [-0.3, -0.25) is 4.79 Å². The summed E-state index contributed by atoms with van der Waals surface area (Å²) in [6, 6.07) is 7.66. The molecule has 140 valence electrons. The third-order valence-corrected chi connectivity index (χ3v) is 6.14. The van der Waals surface area contributed by atoms with Crippen molar-refractivity contribution in [3.63, 3.8) is 0 Å². The van der Waals surface area contributed by atoms with Crippen LogP contribution in [0.15, 0.2) is 24.3 Å². The van der Waals surface area contributed by atoms with Crippen molar-refractivity contribution in [2.75, 3.05) is 52.8 Å². The van der Waals surface area contributed by atoms with E-state index in [1.54, 1.807) is 19.1 Å². The molecule has 0 N–H and O–H groups in total. The largest absolute Gasteiger partial charge is 0.496 e. The zero-order chi connectivity index (χ0) is 18.3. The topological polar surface area (TPSA) is 76.2 Å². The summed E-state index contributed by atoms with van der Waals surface area (Å²) in [6.07, 6.45) is 0.643. The van der Waals surface area contributed by atoms with Gasteiger partial charge in [-0.05, 0) is 18.1 Å². The second-order valence-electron chi connectivity index (χ2n) is 5.95. The van der Waals surface area contributed by atoms with Gasteiger partial charge in [0.25, 0.3) is 0 Å². The molecule has 0 bridgehead atoms. The van der Waals surface area contributed by atoms with Gasteiger partial charge >= 0.3 is 0 Å². The Morgan fingerprint density at radius 3 is 2.64 bits per heavy atom. The van der Waals surface area contributed by atoms with E-state index in [9.17, 15) is 13.2 Å². The zero-order valence-electron chi connectivity index (χ0n) is 14.8. The molecule has 1 saturated heterocycles. The molecule has 1 aromatic rings. The number of para-hydroxylation sites is 1. The number of sulfonamides is 1. The number of hydrogen-bond acceptors (Lipinski definition) is 5. The maximum atomic E-state index is 12.3. The number of hydrogen-bond donors (Lipinski definition) is 0. The highest BCUT2D eigenvalue weighted by molar-refractivity contribution is 7.89. The molecule has 0 atom stereocenters. The number of morpholine rings is 1. The molecule has 0 saturated carbocycles. The van der Waals surface area contributed by atoms with Crippen molar-refractivity contribution in [3.05, 3.63) is 29.8 Å². The van der Waals surface area contributed by atoms with Crippen molar-refractivity contribution in [1.82, 2.24) is 9.21 Å². The third kappa shape index (κ3) is 5.69. The molecule has 0 spiro atoms. The average Bonchev–Trinajstić information content (AvgIpc) is 2.65. The molecule has 1 heterocycles. The molecule has 1 aliphatic heterocycles. The second-order valence-corrected chi connectivity index (χ2v) is 8.04. The summed E-state index contributed by atoms with van der Waals surface area (Å²) in [6.45, 7) is 2.05. The Balaban J connectivity index is 1.81. The van der Waals surface area contributed by atoms with Crippen LogP contribution < -0.4 is 4.74 Å². The van der Waals surface area contributed by atoms with Crippen molar-refractivity contribution in [3.8, 4) is 5.75 Å². The predicted octanol–water partition coefficient (Wildman–Crippen LogP) is 0.748. The van der Waals surface area contributed by atoms with Crippen molar-refractivity contribution >= 4 is 15.9 Å². The standard InChI is InChI=1S/C17H26N2O5S/c1-18(9-7-15-5-3-4-6-16(15)23-2)17(20)8-14-25(21,22)19-10-12-24-13-11-19/h3-6H,7-14H2,1-2H3. The Morgan fingerprint density at radius 1 is 1.28 bits per heavy atom. The third-order valence-electron chi connectivity index (χ3n) is 4.27. The van der Waals surface area contributed by atoms with E-state index in [1.165, 1.54) is 4.31 Å². The number of carbonyl (C=O) groups excluding carboxylic acids is 1. The molecular formula is C17H26N2O5S. The maximum Gasteiger partial charge on any atom is 0.223 e. The van der Waals surface area contributed by atoms with Crippen LogP contribution in [0.2, 0.25) is 0 Å². The molecule has 2 rings (SSSR count). The highest BCUT2D eigenvalue weighted by Gasteiger charge is 2.25. The van der Waals surface area contributed by atoms with Gasteiger partial charge in [0.15, 0.2) is 0 Å². The molecule has 1 fully saturated rings. The lowest BCUT2D eigenvalue weighted by Gasteiger charge is -2.26. The lowest BCUT2D eigenvalue weighted by molar-refractivity contribution is -0.129. The smallest absolute Gasteiger partial charge is 0.223 e. The molecule has 1 aromatic carbocycles. The molecule has 0 radical (unpaired) electrons. The first-order valence-corrected chi connectivity index (χ1v) is 9.96. The van der Waals surface area contributed by atoms with Crippen LogP contribution in [0.5, 0.6) is 5.75 Å². The fraction of sp³-hybridized carbons (Fsp3) is 0.588. The lowest BCUT2D eigenvalue weighted by atomic mass is 10.1. The summed E-state index contributed by atoms with van der Waals surface area (Å²) in [7, 11) is -0.0950. The van der Waals surface area contributed by atoms with Gasteiger partial charge in [-0.2, -0.15) is 4.31 Å². The molecule has 1 amide bonds. The van der Waals surface area contributed by atoms with Gasteiger partial charge in [-0.15, -0.1) is 0 Å². The summed E-state index contributed by atoms with van der Waals surface area (Å²) >= 11 is 0. The number of benzene rings is 1. The Morgan fingerprint density at radius 2 is 1.96 bits per heavy atom. The second kappa shape index (κ2) is 9.17. The Bertz CT molecular complexity index is 671. The van der Waals surface area contributed by atoms with Crippen LogP contribution in [0.3, 0.4) is 0 Å². The minimum Gasteiger partial charge on any atom is -0.496 e. The van der Waals surface area contributed by atoms with Crippen molar-refractivity contribution in [1.29, 1.82) is 0 Å². The van der Waals surface area contributed by atoms with Crippen LogP contribution in [0.4, 0.5) is 0 Å². The normalized spacial score (nSPS) is 15.8. The number of nitrogens with zero attached hydrogens (tertiary/aromatic N) is 2. The van der Waals surface area contributed by atoms with Crippen molar-refractivity contribution in [2.45, 2.75) is 12.8 Å². The van der Waals surface area contributed by atoms with E-state index >= 15 is 0 Å². The summed E-state index contributed by atoms with van der Waals surface area (Å²) in [5.74, 6) is 0.454. The Kier molecular flexibility index (Phi) is 7.22. The van der Waals surface area contributed by atoms with E-state index in [4.69, 9.17) is 9.47 Å². The van der Waals surface area contributed by atoms with Gasteiger partial charge in [-0.25, -0.2) is 8.42 Å². The van der Waals surface area contributed by atoms with Crippen LogP contribution in [-0.4, -0.2) is 76.3 Å². The first-order chi connectivity index (χ1) is 11.9. The van der Waals surface area contributed by atoms with Crippen LogP contribution >= 0.6 is 0 Å². The van der Waals surface area contributed by atoms with Gasteiger partial charge in [0.1, 0.15) is 5.75 Å².